The summed E-state index contributed by atoms with van der Waals surface area (Å²) in [5, 5.41) is 0. The maximum Gasteiger partial charge on any atom is 0.165 e. The molecule has 0 unspecified atom stereocenters. The maximum atomic E-state index is 10.2. The van der Waals surface area contributed by atoms with Crippen molar-refractivity contribution in [1.29, 1.82) is 0 Å². The largest absolute Gasteiger partial charge is 0.497 e. The van der Waals surface area contributed by atoms with Crippen molar-refractivity contribution in [2.24, 2.45) is 5.73 Å². The van der Waals surface area contributed by atoms with Crippen LogP contribution in [0.3, 0.4) is 0 Å². The number of methoxy groups -OCH3 is 1. The Balaban J connectivity index is 2.95. The number of nitrogens with two attached hydrogens (primary N) is 1. The Morgan fingerprint density at radius 2 is 2.31 bits per heavy atom. The van der Waals surface area contributed by atoms with E-state index in [-0.39, 0.29) is 5.70 Å². The van der Waals surface area contributed by atoms with E-state index in [4.69, 9.17) is 10.5 Å². The van der Waals surface area contributed by atoms with Crippen LogP contribution in [0.15, 0.2) is 30.0 Å². The zero-order chi connectivity index (χ0) is 9.68. The van der Waals surface area contributed by atoms with Crippen molar-refractivity contribution >= 4 is 12.4 Å². The van der Waals surface area contributed by atoms with Crippen LogP contribution < -0.4 is 10.5 Å². The van der Waals surface area contributed by atoms with Gasteiger partial charge in [0.05, 0.1) is 12.8 Å². The van der Waals surface area contributed by atoms with E-state index in [2.05, 4.69) is 0 Å². The van der Waals surface area contributed by atoms with Gasteiger partial charge in [-0.1, -0.05) is 12.1 Å². The third-order valence-corrected chi connectivity index (χ3v) is 1.56. The molecule has 0 atom stereocenters. The number of ether oxygens (including phenoxy) is 1. The lowest BCUT2D eigenvalue weighted by Crippen LogP contribution is -1.96. The van der Waals surface area contributed by atoms with Gasteiger partial charge in [-0.05, 0) is 23.8 Å². The summed E-state index contributed by atoms with van der Waals surface area (Å²) >= 11 is 0. The van der Waals surface area contributed by atoms with Gasteiger partial charge in [0, 0.05) is 0 Å². The van der Waals surface area contributed by atoms with Crippen molar-refractivity contribution in [3.63, 3.8) is 0 Å². The molecule has 0 fully saturated rings. The van der Waals surface area contributed by atoms with Gasteiger partial charge in [0.2, 0.25) is 0 Å². The average molecular weight is 177 g/mol. The zero-order valence-corrected chi connectivity index (χ0v) is 7.36. The van der Waals surface area contributed by atoms with E-state index in [9.17, 15) is 4.79 Å². The number of aldehydes is 1. The highest BCUT2D eigenvalue weighted by Crippen LogP contribution is 2.13. The molecule has 0 spiro atoms. The lowest BCUT2D eigenvalue weighted by atomic mass is 10.2. The van der Waals surface area contributed by atoms with Gasteiger partial charge in [0.25, 0.3) is 0 Å². The molecular weight excluding hydrogens is 166 g/mol. The van der Waals surface area contributed by atoms with Gasteiger partial charge >= 0.3 is 0 Å². The third-order valence-electron chi connectivity index (χ3n) is 1.56. The quantitative estimate of drug-likeness (QED) is 0.557. The predicted molar refractivity (Wildman–Crippen MR) is 51.2 cm³/mol. The van der Waals surface area contributed by atoms with Crippen molar-refractivity contribution in [2.75, 3.05) is 7.11 Å². The first-order valence-electron chi connectivity index (χ1n) is 3.82. The molecule has 1 aromatic carbocycles. The van der Waals surface area contributed by atoms with E-state index < -0.39 is 0 Å². The minimum Gasteiger partial charge on any atom is -0.497 e. The Bertz CT molecular complexity index is 331. The molecule has 68 valence electrons. The first-order chi connectivity index (χ1) is 6.26. The van der Waals surface area contributed by atoms with Crippen LogP contribution in [-0.4, -0.2) is 13.4 Å². The van der Waals surface area contributed by atoms with Crippen molar-refractivity contribution in [3.05, 3.63) is 35.5 Å². The molecule has 3 heteroatoms. The molecule has 0 bridgehead atoms. The number of carbonyl (C=O) groups is 1. The smallest absolute Gasteiger partial charge is 0.165 e. The molecule has 0 aliphatic rings. The van der Waals surface area contributed by atoms with Crippen molar-refractivity contribution < 1.29 is 9.53 Å². The second-order valence-electron chi connectivity index (χ2n) is 2.54. The van der Waals surface area contributed by atoms with Gasteiger partial charge in [-0.15, -0.1) is 0 Å². The van der Waals surface area contributed by atoms with Crippen LogP contribution in [0.5, 0.6) is 5.75 Å². The fraction of sp³-hybridized carbons (Fsp3) is 0.100. The van der Waals surface area contributed by atoms with E-state index in [1.807, 2.05) is 18.2 Å². The molecule has 0 saturated carbocycles. The highest BCUT2D eigenvalue weighted by atomic mass is 16.5. The summed E-state index contributed by atoms with van der Waals surface area (Å²) in [6.45, 7) is 0. The molecule has 0 aliphatic heterocycles. The third kappa shape index (κ3) is 2.63. The summed E-state index contributed by atoms with van der Waals surface area (Å²) in [4.78, 5) is 10.2. The Labute approximate surface area is 76.8 Å². The van der Waals surface area contributed by atoms with Gasteiger partial charge in [-0.2, -0.15) is 0 Å². The van der Waals surface area contributed by atoms with Gasteiger partial charge in [-0.3, -0.25) is 4.79 Å². The number of allylic oxidation sites excluding steroid dienone is 1. The Kier molecular flexibility index (Phi) is 3.09. The van der Waals surface area contributed by atoms with E-state index in [1.54, 1.807) is 19.3 Å². The zero-order valence-electron chi connectivity index (χ0n) is 7.36. The van der Waals surface area contributed by atoms with Crippen LogP contribution in [0.4, 0.5) is 0 Å². The summed E-state index contributed by atoms with van der Waals surface area (Å²) in [5.41, 5.74) is 6.40. The predicted octanol–water partition coefficient (Wildman–Crippen LogP) is 1.19. The van der Waals surface area contributed by atoms with E-state index in [1.165, 1.54) is 0 Å². The summed E-state index contributed by atoms with van der Waals surface area (Å²) in [6.07, 6.45) is 2.20. The molecule has 3 nitrogen and oxygen atoms in total. The van der Waals surface area contributed by atoms with Crippen molar-refractivity contribution in [3.8, 4) is 5.75 Å². The molecule has 0 aliphatic carbocycles. The molecule has 0 radical (unpaired) electrons. The first kappa shape index (κ1) is 9.32. The van der Waals surface area contributed by atoms with Gasteiger partial charge in [-0.25, -0.2) is 0 Å². The number of benzene rings is 1. The SMILES string of the molecule is COc1cccc(/C=C(\N)C=O)c1. The van der Waals surface area contributed by atoms with Crippen LogP contribution >= 0.6 is 0 Å². The molecule has 1 aromatic rings. The molecule has 0 heterocycles. The standard InChI is InChI=1S/C10H11NO2/c1-13-10-4-2-3-8(6-10)5-9(11)7-12/h2-7H,11H2,1H3/b9-5-. The molecule has 0 saturated heterocycles. The summed E-state index contributed by atoms with van der Waals surface area (Å²) < 4.78 is 5.01. The van der Waals surface area contributed by atoms with Gasteiger partial charge < -0.3 is 10.5 Å². The topological polar surface area (TPSA) is 52.3 Å². The average Bonchev–Trinajstić information content (AvgIpc) is 2.18. The van der Waals surface area contributed by atoms with Gasteiger partial charge in [0.1, 0.15) is 5.75 Å². The summed E-state index contributed by atoms with van der Waals surface area (Å²) in [5.74, 6) is 0.743. The Morgan fingerprint density at radius 3 is 2.92 bits per heavy atom. The van der Waals surface area contributed by atoms with E-state index >= 15 is 0 Å². The van der Waals surface area contributed by atoms with Crippen molar-refractivity contribution in [1.82, 2.24) is 0 Å². The molecule has 0 amide bonds. The molecule has 2 N–H and O–H groups in total. The minimum atomic E-state index is 0.202. The van der Waals surface area contributed by atoms with Crippen molar-refractivity contribution in [2.45, 2.75) is 0 Å². The lowest BCUT2D eigenvalue weighted by Gasteiger charge is -2.00. The van der Waals surface area contributed by atoms with Crippen LogP contribution in [0.2, 0.25) is 0 Å². The second kappa shape index (κ2) is 4.30. The summed E-state index contributed by atoms with van der Waals surface area (Å²) in [7, 11) is 1.59. The maximum absolute atomic E-state index is 10.2. The first-order valence-corrected chi connectivity index (χ1v) is 3.82. The number of rotatable bonds is 3. The number of carbonyl (C=O) groups excluding carboxylic acids is 1. The van der Waals surface area contributed by atoms with E-state index in [0.29, 0.717) is 6.29 Å². The van der Waals surface area contributed by atoms with Crippen LogP contribution in [0.25, 0.3) is 6.08 Å². The Morgan fingerprint density at radius 1 is 1.54 bits per heavy atom. The molecule has 13 heavy (non-hydrogen) atoms. The van der Waals surface area contributed by atoms with E-state index in [0.717, 1.165) is 11.3 Å². The normalized spacial score (nSPS) is 11.0. The minimum absolute atomic E-state index is 0.202. The molecular formula is C10H11NO2. The van der Waals surface area contributed by atoms with Crippen LogP contribution in [0, 0.1) is 0 Å². The number of hydrogen-bond acceptors (Lipinski definition) is 3. The fourth-order valence-electron chi connectivity index (χ4n) is 0.958. The molecule has 1 rings (SSSR count). The van der Waals surface area contributed by atoms with Gasteiger partial charge in [0.15, 0.2) is 6.29 Å². The Hall–Kier alpha value is -1.77. The fourth-order valence-corrected chi connectivity index (χ4v) is 0.958. The van der Waals surface area contributed by atoms with Crippen LogP contribution in [-0.2, 0) is 4.79 Å². The second-order valence-corrected chi connectivity index (χ2v) is 2.54. The monoisotopic (exact) mass is 177 g/mol. The lowest BCUT2D eigenvalue weighted by molar-refractivity contribution is -0.104. The highest BCUT2D eigenvalue weighted by molar-refractivity contribution is 5.80. The number of hydrogen-bond donors (Lipinski definition) is 1. The highest BCUT2D eigenvalue weighted by Gasteiger charge is 1.93. The van der Waals surface area contributed by atoms with Crippen LogP contribution in [0.1, 0.15) is 5.56 Å². The summed E-state index contributed by atoms with van der Waals surface area (Å²) in [6, 6.07) is 7.31. The molecule has 0 aromatic heterocycles.